The molecule has 0 amide bonds. The number of nitrogens with one attached hydrogen (secondary N) is 2. The molecular weight excluding hydrogens is 360 g/mol. The van der Waals surface area contributed by atoms with Gasteiger partial charge in [-0.2, -0.15) is 0 Å². The Morgan fingerprint density at radius 3 is 2.79 bits per heavy atom. The minimum atomic E-state index is 0.412. The van der Waals surface area contributed by atoms with Crippen LogP contribution in [-0.4, -0.2) is 52.5 Å². The van der Waals surface area contributed by atoms with Crippen LogP contribution >= 0.6 is 0 Å². The van der Waals surface area contributed by atoms with E-state index in [4.69, 9.17) is 0 Å². The number of imidazole rings is 1. The molecule has 1 fully saturated rings. The molecule has 0 saturated carbocycles. The standard InChI is InChI=1S/C23H30N6/c1-18-14-21(17-29(18)15-19-8-4-3-5-9-19)27-23(24-2)25-12-11-20-16-28-13-7-6-10-22(28)26-20/h3-10,13,16,18,21H,11-12,14-15,17H2,1-2H3,(H2,24,25,27). The summed E-state index contributed by atoms with van der Waals surface area (Å²) in [6.45, 7) is 5.15. The van der Waals surface area contributed by atoms with Gasteiger partial charge < -0.3 is 15.0 Å². The van der Waals surface area contributed by atoms with Crippen molar-refractivity contribution in [1.82, 2.24) is 24.9 Å². The predicted molar refractivity (Wildman–Crippen MR) is 118 cm³/mol. The molecule has 2 unspecified atom stereocenters. The second-order valence-corrected chi connectivity index (χ2v) is 7.79. The van der Waals surface area contributed by atoms with E-state index in [1.807, 2.05) is 31.4 Å². The summed E-state index contributed by atoms with van der Waals surface area (Å²) in [4.78, 5) is 11.6. The lowest BCUT2D eigenvalue weighted by molar-refractivity contribution is 0.258. The first-order valence-electron chi connectivity index (χ1n) is 10.4. The quantitative estimate of drug-likeness (QED) is 0.502. The number of likely N-dealkylation sites (tertiary alicyclic amines) is 1. The number of rotatable bonds is 6. The van der Waals surface area contributed by atoms with Gasteiger partial charge in [-0.05, 0) is 31.0 Å². The number of benzene rings is 1. The van der Waals surface area contributed by atoms with Crippen molar-refractivity contribution in [1.29, 1.82) is 0 Å². The fraction of sp³-hybridized carbons (Fsp3) is 0.391. The van der Waals surface area contributed by atoms with Crippen LogP contribution in [0.3, 0.4) is 0 Å². The van der Waals surface area contributed by atoms with E-state index < -0.39 is 0 Å². The van der Waals surface area contributed by atoms with Gasteiger partial charge in [0, 0.05) is 57.6 Å². The monoisotopic (exact) mass is 390 g/mol. The van der Waals surface area contributed by atoms with Gasteiger partial charge >= 0.3 is 0 Å². The third-order valence-corrected chi connectivity index (χ3v) is 5.58. The lowest BCUT2D eigenvalue weighted by atomic mass is 10.2. The summed E-state index contributed by atoms with van der Waals surface area (Å²) in [6, 6.07) is 17.7. The highest BCUT2D eigenvalue weighted by Crippen LogP contribution is 2.20. The number of aromatic nitrogens is 2. The summed E-state index contributed by atoms with van der Waals surface area (Å²) < 4.78 is 2.06. The molecule has 0 radical (unpaired) electrons. The van der Waals surface area contributed by atoms with E-state index in [9.17, 15) is 0 Å². The van der Waals surface area contributed by atoms with E-state index in [-0.39, 0.29) is 0 Å². The summed E-state index contributed by atoms with van der Waals surface area (Å²) in [5, 5.41) is 7.04. The van der Waals surface area contributed by atoms with Crippen LogP contribution < -0.4 is 10.6 Å². The minimum absolute atomic E-state index is 0.412. The van der Waals surface area contributed by atoms with Crippen LogP contribution in [0.2, 0.25) is 0 Å². The number of fused-ring (bicyclic) bond motifs is 1. The first-order chi connectivity index (χ1) is 14.2. The minimum Gasteiger partial charge on any atom is -0.356 e. The zero-order valence-electron chi connectivity index (χ0n) is 17.3. The first-order valence-corrected chi connectivity index (χ1v) is 10.4. The van der Waals surface area contributed by atoms with Crippen LogP contribution in [0.25, 0.3) is 5.65 Å². The number of nitrogens with zero attached hydrogens (tertiary/aromatic N) is 4. The third kappa shape index (κ3) is 4.95. The summed E-state index contributed by atoms with van der Waals surface area (Å²) >= 11 is 0. The van der Waals surface area contributed by atoms with Crippen LogP contribution in [0, 0.1) is 0 Å². The van der Waals surface area contributed by atoms with Crippen LogP contribution in [0.4, 0.5) is 0 Å². The molecule has 1 saturated heterocycles. The molecule has 0 bridgehead atoms. The molecule has 0 aliphatic carbocycles. The van der Waals surface area contributed by atoms with Crippen molar-refractivity contribution in [3.8, 4) is 0 Å². The van der Waals surface area contributed by atoms with Gasteiger partial charge in [0.15, 0.2) is 5.96 Å². The largest absolute Gasteiger partial charge is 0.356 e. The first kappa shape index (κ1) is 19.5. The molecule has 3 aromatic rings. The Kier molecular flexibility index (Phi) is 6.10. The van der Waals surface area contributed by atoms with Crippen molar-refractivity contribution in [3.05, 3.63) is 72.2 Å². The van der Waals surface area contributed by atoms with Gasteiger partial charge in [0.25, 0.3) is 0 Å². The molecule has 3 heterocycles. The van der Waals surface area contributed by atoms with Gasteiger partial charge in [-0.1, -0.05) is 36.4 Å². The average molecular weight is 391 g/mol. The van der Waals surface area contributed by atoms with E-state index in [0.717, 1.165) is 49.8 Å². The maximum atomic E-state index is 4.65. The van der Waals surface area contributed by atoms with Gasteiger partial charge in [-0.25, -0.2) is 4.98 Å². The topological polar surface area (TPSA) is 57.0 Å². The Balaban J connectivity index is 1.25. The molecule has 2 aromatic heterocycles. The normalized spacial score (nSPS) is 20.3. The van der Waals surface area contributed by atoms with E-state index >= 15 is 0 Å². The van der Waals surface area contributed by atoms with E-state index in [1.54, 1.807) is 0 Å². The van der Waals surface area contributed by atoms with Gasteiger partial charge in [0.1, 0.15) is 5.65 Å². The van der Waals surface area contributed by atoms with Crippen LogP contribution in [0.1, 0.15) is 24.6 Å². The Morgan fingerprint density at radius 1 is 1.17 bits per heavy atom. The molecule has 0 spiro atoms. The number of guanidine groups is 1. The second kappa shape index (κ2) is 9.09. The maximum Gasteiger partial charge on any atom is 0.191 e. The molecule has 29 heavy (non-hydrogen) atoms. The van der Waals surface area contributed by atoms with Gasteiger partial charge in [-0.15, -0.1) is 0 Å². The molecule has 6 heteroatoms. The van der Waals surface area contributed by atoms with Crippen molar-refractivity contribution in [2.24, 2.45) is 4.99 Å². The van der Waals surface area contributed by atoms with Crippen molar-refractivity contribution >= 4 is 11.6 Å². The lowest BCUT2D eigenvalue weighted by Gasteiger charge is -2.21. The molecule has 1 aliphatic heterocycles. The van der Waals surface area contributed by atoms with Gasteiger partial charge in [0.2, 0.25) is 0 Å². The Morgan fingerprint density at radius 2 is 2.00 bits per heavy atom. The maximum absolute atomic E-state index is 4.65. The van der Waals surface area contributed by atoms with Gasteiger partial charge in [-0.3, -0.25) is 9.89 Å². The fourth-order valence-corrected chi connectivity index (χ4v) is 4.05. The highest BCUT2D eigenvalue weighted by atomic mass is 15.3. The number of hydrogen-bond acceptors (Lipinski definition) is 3. The van der Waals surface area contributed by atoms with Crippen molar-refractivity contribution in [2.45, 2.75) is 38.4 Å². The highest BCUT2D eigenvalue weighted by Gasteiger charge is 2.29. The molecule has 1 aromatic carbocycles. The summed E-state index contributed by atoms with van der Waals surface area (Å²) in [5.41, 5.74) is 3.45. The smallest absolute Gasteiger partial charge is 0.191 e. The number of hydrogen-bond donors (Lipinski definition) is 2. The number of aliphatic imine (C=N–C) groups is 1. The van der Waals surface area contributed by atoms with Crippen LogP contribution in [0.5, 0.6) is 0 Å². The molecule has 1 aliphatic rings. The second-order valence-electron chi connectivity index (χ2n) is 7.79. The SMILES string of the molecule is CN=C(NCCc1cn2ccccc2n1)NC1CC(C)N(Cc2ccccc2)C1. The van der Waals surface area contributed by atoms with Crippen LogP contribution in [-0.2, 0) is 13.0 Å². The van der Waals surface area contributed by atoms with E-state index in [1.165, 1.54) is 5.56 Å². The summed E-state index contributed by atoms with van der Waals surface area (Å²) in [6.07, 6.45) is 6.11. The van der Waals surface area contributed by atoms with Crippen molar-refractivity contribution in [2.75, 3.05) is 20.1 Å². The van der Waals surface area contributed by atoms with E-state index in [2.05, 4.69) is 73.4 Å². The van der Waals surface area contributed by atoms with E-state index in [0.29, 0.717) is 12.1 Å². The Labute approximate surface area is 172 Å². The molecule has 2 atom stereocenters. The molecule has 2 N–H and O–H groups in total. The Bertz CT molecular complexity index is 915. The van der Waals surface area contributed by atoms with Crippen LogP contribution in [0.15, 0.2) is 65.9 Å². The molecule has 6 nitrogen and oxygen atoms in total. The summed E-state index contributed by atoms with van der Waals surface area (Å²) in [7, 11) is 1.83. The predicted octanol–water partition coefficient (Wildman–Crippen LogP) is 2.70. The molecular formula is C23H30N6. The average Bonchev–Trinajstić information content (AvgIpc) is 3.30. The zero-order valence-corrected chi connectivity index (χ0v) is 17.3. The fourth-order valence-electron chi connectivity index (χ4n) is 4.05. The zero-order chi connectivity index (χ0) is 20.1. The highest BCUT2D eigenvalue weighted by molar-refractivity contribution is 5.80. The summed E-state index contributed by atoms with van der Waals surface area (Å²) in [5.74, 6) is 0.868. The van der Waals surface area contributed by atoms with Crippen molar-refractivity contribution in [3.63, 3.8) is 0 Å². The van der Waals surface area contributed by atoms with Gasteiger partial charge in [0.05, 0.1) is 5.69 Å². The van der Waals surface area contributed by atoms with Crippen molar-refractivity contribution < 1.29 is 0 Å². The lowest BCUT2D eigenvalue weighted by Crippen LogP contribution is -2.45. The number of pyridine rings is 1. The third-order valence-electron chi connectivity index (χ3n) is 5.58. The molecule has 152 valence electrons. The Hall–Kier alpha value is -2.86. The molecule has 4 rings (SSSR count).